The third-order valence-corrected chi connectivity index (χ3v) is 5.67. The highest BCUT2D eigenvalue weighted by Gasteiger charge is 2.19. The van der Waals surface area contributed by atoms with Crippen LogP contribution in [0, 0.1) is 5.92 Å². The molecule has 5 nitrogen and oxygen atoms in total. The number of hydrogen-bond donors (Lipinski definition) is 1. The summed E-state index contributed by atoms with van der Waals surface area (Å²) >= 11 is 1.76. The Labute approximate surface area is 140 Å². The van der Waals surface area contributed by atoms with E-state index in [-0.39, 0.29) is 5.91 Å². The fourth-order valence-corrected chi connectivity index (χ4v) is 4.10. The number of carbonyl (C=O) groups is 1. The molecular weight excluding hydrogens is 308 g/mol. The molecule has 0 bridgehead atoms. The number of hydrogen-bond acceptors (Lipinski definition) is 4. The molecule has 0 spiro atoms. The second-order valence-corrected chi connectivity index (χ2v) is 7.10. The Hall–Kier alpha value is -1.82. The molecule has 0 radical (unpaired) electrons. The van der Waals surface area contributed by atoms with Gasteiger partial charge in [0.15, 0.2) is 5.16 Å². The van der Waals surface area contributed by atoms with E-state index in [1.54, 1.807) is 11.8 Å². The Morgan fingerprint density at radius 1 is 1.35 bits per heavy atom. The zero-order valence-electron chi connectivity index (χ0n) is 13.4. The topological polar surface area (TPSA) is 73.8 Å². The van der Waals surface area contributed by atoms with Gasteiger partial charge in [-0.05, 0) is 36.3 Å². The largest absolute Gasteiger partial charge is 0.370 e. The van der Waals surface area contributed by atoms with Crippen molar-refractivity contribution in [3.05, 3.63) is 41.2 Å². The Morgan fingerprint density at radius 2 is 2.13 bits per heavy atom. The van der Waals surface area contributed by atoms with Gasteiger partial charge in [-0.3, -0.25) is 4.79 Å². The van der Waals surface area contributed by atoms with Crippen LogP contribution in [0.25, 0.3) is 0 Å². The Bertz CT molecular complexity index is 698. The minimum atomic E-state index is -0.303. The molecule has 3 rings (SSSR count). The second kappa shape index (κ2) is 7.17. The van der Waals surface area contributed by atoms with Crippen LogP contribution in [0.2, 0.25) is 0 Å². The van der Waals surface area contributed by atoms with Crippen molar-refractivity contribution in [2.45, 2.75) is 37.3 Å². The molecule has 0 aliphatic heterocycles. The van der Waals surface area contributed by atoms with Crippen LogP contribution < -0.4 is 5.73 Å². The smallest absolute Gasteiger partial charge is 0.217 e. The number of rotatable bonds is 6. The van der Waals surface area contributed by atoms with E-state index in [9.17, 15) is 4.79 Å². The van der Waals surface area contributed by atoms with Crippen LogP contribution in [0.1, 0.15) is 29.8 Å². The van der Waals surface area contributed by atoms with Gasteiger partial charge in [-0.25, -0.2) is 0 Å². The molecule has 0 unspecified atom stereocenters. The first kappa shape index (κ1) is 16.1. The van der Waals surface area contributed by atoms with Crippen molar-refractivity contribution < 1.29 is 4.79 Å². The van der Waals surface area contributed by atoms with Crippen molar-refractivity contribution in [2.75, 3.05) is 5.75 Å². The van der Waals surface area contributed by atoms with E-state index in [0.717, 1.165) is 23.2 Å². The highest BCUT2D eigenvalue weighted by Crippen LogP contribution is 2.29. The van der Waals surface area contributed by atoms with Crippen LogP contribution in [0.4, 0.5) is 0 Å². The van der Waals surface area contributed by atoms with Gasteiger partial charge in [0.05, 0.1) is 0 Å². The van der Waals surface area contributed by atoms with Crippen LogP contribution in [-0.2, 0) is 31.1 Å². The molecule has 1 aromatic carbocycles. The van der Waals surface area contributed by atoms with Gasteiger partial charge in [0.2, 0.25) is 5.91 Å². The molecule has 0 saturated heterocycles. The highest BCUT2D eigenvalue weighted by atomic mass is 32.2. The summed E-state index contributed by atoms with van der Waals surface area (Å²) < 4.78 is 1.98. The normalized spacial score (nSPS) is 17.0. The summed E-state index contributed by atoms with van der Waals surface area (Å²) in [6, 6.07) is 8.74. The lowest BCUT2D eigenvalue weighted by atomic mass is 9.85. The van der Waals surface area contributed by atoms with Crippen LogP contribution in [-0.4, -0.2) is 26.4 Å². The molecule has 2 aromatic rings. The van der Waals surface area contributed by atoms with Crippen molar-refractivity contribution in [3.8, 4) is 0 Å². The molecule has 2 N–H and O–H groups in total. The lowest BCUT2D eigenvalue weighted by molar-refractivity contribution is -0.118. The molecule has 6 heteroatoms. The first-order valence-electron chi connectivity index (χ1n) is 7.99. The molecule has 0 fully saturated rings. The molecule has 0 saturated carbocycles. The van der Waals surface area contributed by atoms with Crippen LogP contribution >= 0.6 is 11.8 Å². The average molecular weight is 330 g/mol. The zero-order valence-corrected chi connectivity index (χ0v) is 14.2. The third-order valence-electron chi connectivity index (χ3n) is 4.42. The minimum absolute atomic E-state index is 0.303. The number of nitrogens with zero attached hydrogens (tertiary/aromatic N) is 3. The summed E-state index contributed by atoms with van der Waals surface area (Å²) in [5.41, 5.74) is 8.18. The number of aromatic nitrogens is 3. The lowest BCUT2D eigenvalue weighted by Gasteiger charge is -2.24. The van der Waals surface area contributed by atoms with Crippen molar-refractivity contribution in [3.63, 3.8) is 0 Å². The first-order chi connectivity index (χ1) is 11.1. The van der Waals surface area contributed by atoms with E-state index >= 15 is 0 Å². The predicted molar refractivity (Wildman–Crippen MR) is 91.2 cm³/mol. The number of benzene rings is 1. The van der Waals surface area contributed by atoms with E-state index in [1.807, 2.05) is 11.6 Å². The Kier molecular flexibility index (Phi) is 5.00. The van der Waals surface area contributed by atoms with Crippen molar-refractivity contribution in [2.24, 2.45) is 18.7 Å². The van der Waals surface area contributed by atoms with Crippen LogP contribution in [0.5, 0.6) is 0 Å². The number of fused-ring (bicyclic) bond motifs is 1. The molecule has 1 amide bonds. The van der Waals surface area contributed by atoms with Gasteiger partial charge in [-0.2, -0.15) is 0 Å². The van der Waals surface area contributed by atoms with E-state index < -0.39 is 0 Å². The molecule has 1 atom stereocenters. The highest BCUT2D eigenvalue weighted by molar-refractivity contribution is 7.99. The standard InChI is InChI=1S/C17H22N4OS/c1-21-16(9-8-15(18)22)19-20-17(21)23-11-12-6-7-13-4-2-3-5-14(13)10-12/h2-5,12H,6-11H2,1H3,(H2,18,22)/t12-/m1/s1. The van der Waals surface area contributed by atoms with Gasteiger partial charge in [-0.15, -0.1) is 10.2 Å². The Morgan fingerprint density at radius 3 is 2.91 bits per heavy atom. The zero-order chi connectivity index (χ0) is 16.2. The van der Waals surface area contributed by atoms with E-state index in [2.05, 4.69) is 34.5 Å². The van der Waals surface area contributed by atoms with E-state index in [1.165, 1.54) is 24.0 Å². The number of nitrogens with two attached hydrogens (primary N) is 1. The summed E-state index contributed by atoms with van der Waals surface area (Å²) in [6.45, 7) is 0. The van der Waals surface area contributed by atoms with Crippen molar-refractivity contribution in [1.82, 2.24) is 14.8 Å². The molecule has 1 aromatic heterocycles. The second-order valence-electron chi connectivity index (χ2n) is 6.11. The number of primary amides is 1. The van der Waals surface area contributed by atoms with E-state index in [4.69, 9.17) is 5.73 Å². The number of thioether (sulfide) groups is 1. The van der Waals surface area contributed by atoms with Crippen LogP contribution in [0.15, 0.2) is 29.4 Å². The molecule has 23 heavy (non-hydrogen) atoms. The van der Waals surface area contributed by atoms with Crippen molar-refractivity contribution >= 4 is 17.7 Å². The van der Waals surface area contributed by atoms with Gasteiger partial charge < -0.3 is 10.3 Å². The molecule has 1 aliphatic rings. The maximum Gasteiger partial charge on any atom is 0.217 e. The quantitative estimate of drug-likeness (QED) is 0.824. The van der Waals surface area contributed by atoms with Gasteiger partial charge >= 0.3 is 0 Å². The number of aryl methyl sites for hydroxylation is 2. The van der Waals surface area contributed by atoms with Gasteiger partial charge in [0.1, 0.15) is 5.82 Å². The fourth-order valence-electron chi connectivity index (χ4n) is 3.03. The van der Waals surface area contributed by atoms with Crippen molar-refractivity contribution in [1.29, 1.82) is 0 Å². The SMILES string of the molecule is Cn1c(CCC(N)=O)nnc1SC[C@@H]1CCc2ccccc2C1. The lowest BCUT2D eigenvalue weighted by Crippen LogP contribution is -2.16. The summed E-state index contributed by atoms with van der Waals surface area (Å²) in [6.07, 6.45) is 4.42. The summed E-state index contributed by atoms with van der Waals surface area (Å²) in [7, 11) is 1.95. The molecular formula is C17H22N4OS. The Balaban J connectivity index is 1.56. The maximum absolute atomic E-state index is 10.9. The monoisotopic (exact) mass is 330 g/mol. The third kappa shape index (κ3) is 3.93. The predicted octanol–water partition coefficient (Wildman–Crippen LogP) is 2.13. The number of carbonyl (C=O) groups excluding carboxylic acids is 1. The van der Waals surface area contributed by atoms with Crippen LogP contribution in [0.3, 0.4) is 0 Å². The van der Waals surface area contributed by atoms with Gasteiger partial charge in [-0.1, -0.05) is 36.0 Å². The van der Waals surface area contributed by atoms with E-state index in [0.29, 0.717) is 18.8 Å². The summed E-state index contributed by atoms with van der Waals surface area (Å²) in [5, 5.41) is 9.34. The molecule has 1 aliphatic carbocycles. The number of amides is 1. The summed E-state index contributed by atoms with van der Waals surface area (Å²) in [5.74, 6) is 2.25. The van der Waals surface area contributed by atoms with Gasteiger partial charge in [0.25, 0.3) is 0 Å². The maximum atomic E-state index is 10.9. The average Bonchev–Trinajstić information content (AvgIpc) is 2.91. The minimum Gasteiger partial charge on any atom is -0.370 e. The molecule has 1 heterocycles. The first-order valence-corrected chi connectivity index (χ1v) is 8.98. The fraction of sp³-hybridized carbons (Fsp3) is 0.471. The summed E-state index contributed by atoms with van der Waals surface area (Å²) in [4.78, 5) is 10.9. The molecule has 122 valence electrons. The van der Waals surface area contributed by atoms with Gasteiger partial charge in [0, 0.05) is 25.6 Å².